The standard InChI is InChI=1S/C9H11Cl2NOS/c1-6(5-12)14(13)9-3-2-7(10)4-8(9)11/h2-4,6H,5,12H2,1H3. The molecule has 78 valence electrons. The highest BCUT2D eigenvalue weighted by atomic mass is 35.5. The third kappa shape index (κ3) is 2.70. The molecular formula is C9H11Cl2NOS. The van der Waals surface area contributed by atoms with Crippen molar-refractivity contribution in [2.24, 2.45) is 5.73 Å². The van der Waals surface area contributed by atoms with Crippen LogP contribution < -0.4 is 5.73 Å². The van der Waals surface area contributed by atoms with Gasteiger partial charge in [0, 0.05) is 16.8 Å². The van der Waals surface area contributed by atoms with Gasteiger partial charge in [0.15, 0.2) is 0 Å². The Morgan fingerprint density at radius 1 is 1.50 bits per heavy atom. The van der Waals surface area contributed by atoms with Crippen LogP contribution in [0.4, 0.5) is 0 Å². The van der Waals surface area contributed by atoms with Gasteiger partial charge in [-0.1, -0.05) is 23.2 Å². The van der Waals surface area contributed by atoms with Crippen molar-refractivity contribution in [1.29, 1.82) is 0 Å². The molecule has 1 aromatic rings. The van der Waals surface area contributed by atoms with E-state index in [9.17, 15) is 4.21 Å². The highest BCUT2D eigenvalue weighted by Crippen LogP contribution is 2.25. The first-order valence-electron chi connectivity index (χ1n) is 4.12. The first-order valence-corrected chi connectivity index (χ1v) is 6.09. The van der Waals surface area contributed by atoms with Gasteiger partial charge in [-0.2, -0.15) is 0 Å². The van der Waals surface area contributed by atoms with Crippen molar-refractivity contribution in [3.8, 4) is 0 Å². The predicted molar refractivity (Wildman–Crippen MR) is 61.4 cm³/mol. The van der Waals surface area contributed by atoms with Gasteiger partial charge in [0.25, 0.3) is 0 Å². The Balaban J connectivity index is 3.02. The van der Waals surface area contributed by atoms with Crippen LogP contribution in [0.15, 0.2) is 23.1 Å². The number of hydrogen-bond acceptors (Lipinski definition) is 2. The molecule has 2 unspecified atom stereocenters. The Labute approximate surface area is 95.8 Å². The number of halogens is 2. The van der Waals surface area contributed by atoms with Crippen molar-refractivity contribution < 1.29 is 4.21 Å². The van der Waals surface area contributed by atoms with E-state index in [1.807, 2.05) is 6.92 Å². The van der Waals surface area contributed by atoms with Gasteiger partial charge >= 0.3 is 0 Å². The third-order valence-corrected chi connectivity index (χ3v) is 4.18. The molecule has 2 nitrogen and oxygen atoms in total. The molecule has 0 aliphatic rings. The first-order chi connectivity index (χ1) is 6.56. The van der Waals surface area contributed by atoms with Crippen LogP contribution in [0.5, 0.6) is 0 Å². The molecule has 0 radical (unpaired) electrons. The van der Waals surface area contributed by atoms with Gasteiger partial charge in [0.1, 0.15) is 0 Å². The third-order valence-electron chi connectivity index (χ3n) is 1.81. The zero-order valence-corrected chi connectivity index (χ0v) is 9.99. The maximum absolute atomic E-state index is 11.8. The van der Waals surface area contributed by atoms with Gasteiger partial charge in [0.2, 0.25) is 0 Å². The second-order valence-electron chi connectivity index (χ2n) is 2.92. The zero-order valence-electron chi connectivity index (χ0n) is 7.67. The van der Waals surface area contributed by atoms with E-state index in [1.54, 1.807) is 18.2 Å². The van der Waals surface area contributed by atoms with Gasteiger partial charge in [0.05, 0.1) is 20.7 Å². The van der Waals surface area contributed by atoms with Crippen LogP contribution >= 0.6 is 23.2 Å². The molecule has 2 atom stereocenters. The summed E-state index contributed by atoms with van der Waals surface area (Å²) < 4.78 is 11.8. The van der Waals surface area contributed by atoms with E-state index in [4.69, 9.17) is 28.9 Å². The molecule has 5 heteroatoms. The molecule has 0 aromatic heterocycles. The summed E-state index contributed by atoms with van der Waals surface area (Å²) in [5.74, 6) is 0. The van der Waals surface area contributed by atoms with E-state index in [-0.39, 0.29) is 5.25 Å². The number of benzene rings is 1. The lowest BCUT2D eigenvalue weighted by atomic mass is 10.4. The van der Waals surface area contributed by atoms with Crippen LogP contribution in [0.1, 0.15) is 6.92 Å². The maximum Gasteiger partial charge on any atom is 0.0586 e. The summed E-state index contributed by atoms with van der Waals surface area (Å²) in [5.41, 5.74) is 5.43. The van der Waals surface area contributed by atoms with Crippen LogP contribution in [-0.2, 0) is 10.8 Å². The van der Waals surface area contributed by atoms with Gasteiger partial charge < -0.3 is 5.73 Å². The normalized spacial score (nSPS) is 15.1. The second-order valence-corrected chi connectivity index (χ2v) is 5.60. The maximum atomic E-state index is 11.8. The summed E-state index contributed by atoms with van der Waals surface area (Å²) in [7, 11) is -1.16. The monoisotopic (exact) mass is 251 g/mol. The van der Waals surface area contributed by atoms with E-state index < -0.39 is 10.8 Å². The number of rotatable bonds is 3. The Morgan fingerprint density at radius 3 is 2.64 bits per heavy atom. The lowest BCUT2D eigenvalue weighted by Crippen LogP contribution is -2.22. The molecule has 2 N–H and O–H groups in total. The predicted octanol–water partition coefficient (Wildman–Crippen LogP) is 2.45. The van der Waals surface area contributed by atoms with Crippen LogP contribution in [-0.4, -0.2) is 16.0 Å². The molecule has 14 heavy (non-hydrogen) atoms. The minimum atomic E-state index is -1.16. The molecule has 0 bridgehead atoms. The highest BCUT2D eigenvalue weighted by Gasteiger charge is 2.14. The molecule has 0 heterocycles. The number of nitrogens with two attached hydrogens (primary N) is 1. The van der Waals surface area contributed by atoms with Gasteiger partial charge in [-0.15, -0.1) is 0 Å². The molecule has 1 rings (SSSR count). The molecule has 0 saturated carbocycles. The summed E-state index contributed by atoms with van der Waals surface area (Å²) in [5, 5.41) is 0.862. The van der Waals surface area contributed by atoms with Gasteiger partial charge in [-0.25, -0.2) is 0 Å². The quantitative estimate of drug-likeness (QED) is 0.897. The van der Waals surface area contributed by atoms with Crippen molar-refractivity contribution in [1.82, 2.24) is 0 Å². The zero-order chi connectivity index (χ0) is 10.7. The van der Waals surface area contributed by atoms with E-state index in [0.29, 0.717) is 21.5 Å². The summed E-state index contributed by atoms with van der Waals surface area (Å²) >= 11 is 11.6. The minimum Gasteiger partial charge on any atom is -0.329 e. The van der Waals surface area contributed by atoms with Crippen molar-refractivity contribution in [2.75, 3.05) is 6.54 Å². The fourth-order valence-corrected chi connectivity index (χ4v) is 2.64. The van der Waals surface area contributed by atoms with Crippen LogP contribution in [0.2, 0.25) is 10.0 Å². The van der Waals surface area contributed by atoms with Crippen LogP contribution in [0, 0.1) is 0 Å². The fourth-order valence-electron chi connectivity index (χ4n) is 0.943. The van der Waals surface area contributed by atoms with Crippen molar-refractivity contribution >= 4 is 34.0 Å². The Morgan fingerprint density at radius 2 is 2.14 bits per heavy atom. The number of hydrogen-bond donors (Lipinski definition) is 1. The van der Waals surface area contributed by atoms with Gasteiger partial charge in [-0.3, -0.25) is 4.21 Å². The van der Waals surface area contributed by atoms with Crippen LogP contribution in [0.25, 0.3) is 0 Å². The summed E-state index contributed by atoms with van der Waals surface area (Å²) in [4.78, 5) is 0.592. The average molecular weight is 252 g/mol. The fraction of sp³-hybridized carbons (Fsp3) is 0.333. The molecule has 0 spiro atoms. The molecule has 0 saturated heterocycles. The average Bonchev–Trinajstić information content (AvgIpc) is 2.15. The molecule has 1 aromatic carbocycles. The van der Waals surface area contributed by atoms with E-state index in [2.05, 4.69) is 0 Å². The van der Waals surface area contributed by atoms with E-state index >= 15 is 0 Å². The lowest BCUT2D eigenvalue weighted by Gasteiger charge is -2.09. The minimum absolute atomic E-state index is 0.103. The lowest BCUT2D eigenvalue weighted by molar-refractivity contribution is 0.673. The Bertz CT molecular complexity index is 357. The molecular weight excluding hydrogens is 241 g/mol. The smallest absolute Gasteiger partial charge is 0.0586 e. The highest BCUT2D eigenvalue weighted by molar-refractivity contribution is 7.85. The molecule has 0 aliphatic heterocycles. The topological polar surface area (TPSA) is 43.1 Å². The van der Waals surface area contributed by atoms with E-state index in [1.165, 1.54) is 0 Å². The van der Waals surface area contributed by atoms with Crippen molar-refractivity contribution in [2.45, 2.75) is 17.1 Å². The SMILES string of the molecule is CC(CN)S(=O)c1ccc(Cl)cc1Cl. The van der Waals surface area contributed by atoms with Crippen LogP contribution in [0.3, 0.4) is 0 Å². The molecule has 0 aliphatic carbocycles. The largest absolute Gasteiger partial charge is 0.329 e. The van der Waals surface area contributed by atoms with Gasteiger partial charge in [-0.05, 0) is 25.1 Å². The Kier molecular flexibility index (Phi) is 4.38. The molecule has 0 amide bonds. The van der Waals surface area contributed by atoms with Crippen molar-refractivity contribution in [3.05, 3.63) is 28.2 Å². The second kappa shape index (κ2) is 5.12. The summed E-state index contributed by atoms with van der Waals surface area (Å²) in [6.45, 7) is 2.19. The first kappa shape index (κ1) is 12.0. The Hall–Kier alpha value is -0.0900. The summed E-state index contributed by atoms with van der Waals surface area (Å²) in [6.07, 6.45) is 0. The van der Waals surface area contributed by atoms with E-state index in [0.717, 1.165) is 0 Å². The summed E-state index contributed by atoms with van der Waals surface area (Å²) in [6, 6.07) is 4.93. The molecule has 0 fully saturated rings. The van der Waals surface area contributed by atoms with Crippen molar-refractivity contribution in [3.63, 3.8) is 0 Å².